The van der Waals surface area contributed by atoms with Gasteiger partial charge in [-0.05, 0) is 36.7 Å². The van der Waals surface area contributed by atoms with Gasteiger partial charge in [-0.2, -0.15) is 5.26 Å². The van der Waals surface area contributed by atoms with Gasteiger partial charge in [0.1, 0.15) is 5.82 Å². The largest absolute Gasteiger partial charge is 0.372 e. The number of nitriles is 1. The zero-order chi connectivity index (χ0) is 11.4. The molecule has 1 fully saturated rings. The van der Waals surface area contributed by atoms with Gasteiger partial charge in [0.05, 0.1) is 24.3 Å². The van der Waals surface area contributed by atoms with Crippen LogP contribution in [0.5, 0.6) is 0 Å². The van der Waals surface area contributed by atoms with Crippen LogP contribution in [0.1, 0.15) is 17.5 Å². The molecule has 1 aromatic carbocycles. The number of benzene rings is 1. The van der Waals surface area contributed by atoms with E-state index in [-0.39, 0.29) is 11.9 Å². The number of rotatable bonds is 3. The lowest BCUT2D eigenvalue weighted by atomic mass is 10.1. The summed E-state index contributed by atoms with van der Waals surface area (Å²) in [5, 5.41) is 12.0. The SMILES string of the molecule is N#Cc1ccc(F)cc1COC1CCNC1. The van der Waals surface area contributed by atoms with Crippen LogP contribution in [0, 0.1) is 17.1 Å². The number of nitrogens with zero attached hydrogens (tertiary/aromatic N) is 1. The average Bonchev–Trinajstić information content (AvgIpc) is 2.79. The molecule has 0 bridgehead atoms. The van der Waals surface area contributed by atoms with Gasteiger partial charge in [-0.15, -0.1) is 0 Å². The predicted octanol–water partition coefficient (Wildman–Crippen LogP) is 1.58. The Kier molecular flexibility index (Phi) is 3.50. The molecular formula is C12H13FN2O. The van der Waals surface area contributed by atoms with E-state index < -0.39 is 0 Å². The first-order valence-electron chi connectivity index (χ1n) is 5.30. The van der Waals surface area contributed by atoms with Gasteiger partial charge < -0.3 is 10.1 Å². The molecule has 0 aromatic heterocycles. The quantitative estimate of drug-likeness (QED) is 0.841. The summed E-state index contributed by atoms with van der Waals surface area (Å²) in [5.74, 6) is -0.331. The minimum atomic E-state index is -0.331. The second kappa shape index (κ2) is 5.06. The number of halogens is 1. The summed E-state index contributed by atoms with van der Waals surface area (Å²) >= 11 is 0. The van der Waals surface area contributed by atoms with E-state index in [1.54, 1.807) is 0 Å². The maximum absolute atomic E-state index is 13.0. The molecule has 1 unspecified atom stereocenters. The zero-order valence-corrected chi connectivity index (χ0v) is 8.87. The van der Waals surface area contributed by atoms with Crippen molar-refractivity contribution in [1.82, 2.24) is 5.32 Å². The molecule has 0 aliphatic carbocycles. The van der Waals surface area contributed by atoms with Crippen molar-refractivity contribution in [3.63, 3.8) is 0 Å². The van der Waals surface area contributed by atoms with Crippen molar-refractivity contribution in [2.24, 2.45) is 0 Å². The molecule has 1 N–H and O–H groups in total. The Bertz CT molecular complexity index is 408. The fraction of sp³-hybridized carbons (Fsp3) is 0.417. The maximum atomic E-state index is 13.0. The molecule has 16 heavy (non-hydrogen) atoms. The summed E-state index contributed by atoms with van der Waals surface area (Å²) in [6.07, 6.45) is 1.15. The molecule has 1 atom stereocenters. The first-order chi connectivity index (χ1) is 7.79. The van der Waals surface area contributed by atoms with Crippen LogP contribution in [-0.2, 0) is 11.3 Å². The minimum absolute atomic E-state index is 0.176. The Morgan fingerprint density at radius 2 is 2.44 bits per heavy atom. The van der Waals surface area contributed by atoms with Gasteiger partial charge in [-0.1, -0.05) is 0 Å². The number of hydrogen-bond donors (Lipinski definition) is 1. The van der Waals surface area contributed by atoms with Crippen molar-refractivity contribution in [2.75, 3.05) is 13.1 Å². The molecule has 0 radical (unpaired) electrons. The van der Waals surface area contributed by atoms with Crippen molar-refractivity contribution >= 4 is 0 Å². The Morgan fingerprint density at radius 3 is 3.12 bits per heavy atom. The lowest BCUT2D eigenvalue weighted by Gasteiger charge is -2.11. The van der Waals surface area contributed by atoms with E-state index in [0.29, 0.717) is 17.7 Å². The second-order valence-corrected chi connectivity index (χ2v) is 3.84. The van der Waals surface area contributed by atoms with Gasteiger partial charge in [0.15, 0.2) is 0 Å². The Morgan fingerprint density at radius 1 is 1.56 bits per heavy atom. The molecule has 4 heteroatoms. The molecule has 0 amide bonds. The third-order valence-corrected chi connectivity index (χ3v) is 2.68. The molecule has 1 saturated heterocycles. The first kappa shape index (κ1) is 11.1. The summed E-state index contributed by atoms with van der Waals surface area (Å²) < 4.78 is 18.6. The molecule has 2 rings (SSSR count). The van der Waals surface area contributed by atoms with Crippen LogP contribution >= 0.6 is 0 Å². The van der Waals surface area contributed by atoms with Gasteiger partial charge in [0, 0.05) is 6.54 Å². The van der Waals surface area contributed by atoms with Gasteiger partial charge in [0.2, 0.25) is 0 Å². The van der Waals surface area contributed by atoms with E-state index in [0.717, 1.165) is 19.5 Å². The highest BCUT2D eigenvalue weighted by molar-refractivity contribution is 5.37. The monoisotopic (exact) mass is 220 g/mol. The molecule has 0 spiro atoms. The fourth-order valence-electron chi connectivity index (χ4n) is 1.77. The van der Waals surface area contributed by atoms with Crippen molar-refractivity contribution in [3.8, 4) is 6.07 Å². The molecule has 1 aromatic rings. The van der Waals surface area contributed by atoms with Crippen LogP contribution in [0.25, 0.3) is 0 Å². The second-order valence-electron chi connectivity index (χ2n) is 3.84. The highest BCUT2D eigenvalue weighted by Gasteiger charge is 2.15. The molecule has 0 saturated carbocycles. The van der Waals surface area contributed by atoms with Crippen LogP contribution in [0.3, 0.4) is 0 Å². The van der Waals surface area contributed by atoms with Crippen molar-refractivity contribution in [1.29, 1.82) is 5.26 Å². The predicted molar refractivity (Wildman–Crippen MR) is 57.2 cm³/mol. The molecule has 84 valence electrons. The van der Waals surface area contributed by atoms with E-state index in [9.17, 15) is 4.39 Å². The first-order valence-corrected chi connectivity index (χ1v) is 5.30. The number of nitrogens with one attached hydrogen (secondary N) is 1. The Hall–Kier alpha value is -1.44. The van der Waals surface area contributed by atoms with Gasteiger partial charge in [-0.3, -0.25) is 0 Å². The number of hydrogen-bond acceptors (Lipinski definition) is 3. The maximum Gasteiger partial charge on any atom is 0.123 e. The summed E-state index contributed by atoms with van der Waals surface area (Å²) in [6.45, 7) is 2.09. The smallest absolute Gasteiger partial charge is 0.123 e. The summed E-state index contributed by atoms with van der Waals surface area (Å²) in [6, 6.07) is 6.18. The van der Waals surface area contributed by atoms with Crippen molar-refractivity contribution in [2.45, 2.75) is 19.1 Å². The van der Waals surface area contributed by atoms with Crippen LogP contribution < -0.4 is 5.32 Å². The van der Waals surface area contributed by atoms with E-state index in [4.69, 9.17) is 10.00 Å². The van der Waals surface area contributed by atoms with Gasteiger partial charge in [-0.25, -0.2) is 4.39 Å². The van der Waals surface area contributed by atoms with E-state index in [2.05, 4.69) is 5.32 Å². The van der Waals surface area contributed by atoms with E-state index in [1.165, 1.54) is 18.2 Å². The summed E-state index contributed by atoms with van der Waals surface area (Å²) in [5.41, 5.74) is 1.10. The Labute approximate surface area is 93.8 Å². The molecule has 1 aliphatic heterocycles. The summed E-state index contributed by atoms with van der Waals surface area (Å²) in [7, 11) is 0. The van der Waals surface area contributed by atoms with Crippen LogP contribution in [0.15, 0.2) is 18.2 Å². The van der Waals surface area contributed by atoms with Crippen LogP contribution in [-0.4, -0.2) is 19.2 Å². The standard InChI is InChI=1S/C12H13FN2O/c13-11-2-1-9(6-14)10(5-11)8-16-12-3-4-15-7-12/h1-2,5,12,15H,3-4,7-8H2. The molecular weight excluding hydrogens is 207 g/mol. The van der Waals surface area contributed by atoms with E-state index in [1.807, 2.05) is 6.07 Å². The number of ether oxygens (including phenoxy) is 1. The zero-order valence-electron chi connectivity index (χ0n) is 8.87. The van der Waals surface area contributed by atoms with Gasteiger partial charge >= 0.3 is 0 Å². The molecule has 1 aliphatic rings. The Balaban J connectivity index is 2.02. The highest BCUT2D eigenvalue weighted by atomic mass is 19.1. The molecule has 1 heterocycles. The third-order valence-electron chi connectivity index (χ3n) is 2.68. The topological polar surface area (TPSA) is 45.0 Å². The molecule has 3 nitrogen and oxygen atoms in total. The highest BCUT2D eigenvalue weighted by Crippen LogP contribution is 2.14. The van der Waals surface area contributed by atoms with E-state index >= 15 is 0 Å². The minimum Gasteiger partial charge on any atom is -0.372 e. The van der Waals surface area contributed by atoms with Gasteiger partial charge in [0.25, 0.3) is 0 Å². The average molecular weight is 220 g/mol. The van der Waals surface area contributed by atoms with Crippen molar-refractivity contribution < 1.29 is 9.13 Å². The summed E-state index contributed by atoms with van der Waals surface area (Å²) in [4.78, 5) is 0. The van der Waals surface area contributed by atoms with Crippen molar-refractivity contribution in [3.05, 3.63) is 35.1 Å². The van der Waals surface area contributed by atoms with Crippen LogP contribution in [0.4, 0.5) is 4.39 Å². The lowest BCUT2D eigenvalue weighted by molar-refractivity contribution is 0.0539. The fourth-order valence-corrected chi connectivity index (χ4v) is 1.77. The third kappa shape index (κ3) is 2.57. The lowest BCUT2D eigenvalue weighted by Crippen LogP contribution is -2.16. The van der Waals surface area contributed by atoms with Crippen LogP contribution in [0.2, 0.25) is 0 Å². The normalized spacial score (nSPS) is 19.6.